The van der Waals surface area contributed by atoms with Gasteiger partial charge in [-0.05, 0) is 12.8 Å². The average molecular weight is 476 g/mol. The predicted octanol–water partition coefficient (Wildman–Crippen LogP) is 0.00300. The molecule has 0 aromatic carbocycles. The number of H-pyrrole nitrogens is 1. The zero-order chi connectivity index (χ0) is 24.5. The molecule has 34 heavy (non-hydrogen) atoms. The van der Waals surface area contributed by atoms with Gasteiger partial charge in [0, 0.05) is 12.1 Å². The summed E-state index contributed by atoms with van der Waals surface area (Å²) in [6.07, 6.45) is 4.60. The van der Waals surface area contributed by atoms with E-state index in [9.17, 15) is 19.8 Å². The number of nitrogens with one attached hydrogen (secondary N) is 2. The Morgan fingerprint density at radius 2 is 2.21 bits per heavy atom. The van der Waals surface area contributed by atoms with Crippen molar-refractivity contribution in [1.29, 1.82) is 0 Å². The summed E-state index contributed by atoms with van der Waals surface area (Å²) in [5.41, 5.74) is -1.73. The van der Waals surface area contributed by atoms with E-state index in [-0.39, 0.29) is 28.9 Å². The van der Waals surface area contributed by atoms with Gasteiger partial charge < -0.3 is 19.8 Å². The van der Waals surface area contributed by atoms with Crippen LogP contribution in [0.4, 0.5) is 5.95 Å². The van der Waals surface area contributed by atoms with Crippen LogP contribution in [0.5, 0.6) is 0 Å². The van der Waals surface area contributed by atoms with Crippen molar-refractivity contribution in [2.45, 2.75) is 64.1 Å². The number of carbonyl (C=O) groups is 1. The molecule has 184 valence electrons. The molecule has 1 saturated heterocycles. The van der Waals surface area contributed by atoms with Crippen LogP contribution in [0.15, 0.2) is 29.8 Å². The van der Waals surface area contributed by atoms with Gasteiger partial charge in [0.15, 0.2) is 16.9 Å². The molecule has 4 N–H and O–H groups in total. The molecule has 1 fully saturated rings. The molecule has 0 aliphatic carbocycles. The number of hydrogen-bond donors (Lipinski definition) is 4. The molecule has 0 unspecified atom stereocenters. The first-order valence-electron chi connectivity index (χ1n) is 11.2. The van der Waals surface area contributed by atoms with Crippen molar-refractivity contribution < 1.29 is 24.6 Å². The molecular formula is C21H29N7O6. The molecule has 13 nitrogen and oxygen atoms in total. The Morgan fingerprint density at radius 1 is 1.41 bits per heavy atom. The lowest BCUT2D eigenvalue weighted by molar-refractivity contribution is -0.167. The molecular weight excluding hydrogens is 446 g/mol. The molecule has 0 saturated carbocycles. The van der Waals surface area contributed by atoms with Gasteiger partial charge in [0.25, 0.3) is 5.56 Å². The van der Waals surface area contributed by atoms with Crippen LogP contribution in [0.3, 0.4) is 0 Å². The summed E-state index contributed by atoms with van der Waals surface area (Å²) >= 11 is 0. The van der Waals surface area contributed by atoms with Crippen molar-refractivity contribution in [3.63, 3.8) is 0 Å². The van der Waals surface area contributed by atoms with Gasteiger partial charge in [-0.25, -0.2) is 9.97 Å². The predicted molar refractivity (Wildman–Crippen MR) is 120 cm³/mol. The largest absolute Gasteiger partial charge is 0.402 e. The molecule has 1 aliphatic rings. The first-order valence-corrected chi connectivity index (χ1v) is 11.2. The molecule has 4 atom stereocenters. The minimum atomic E-state index is -1.36. The van der Waals surface area contributed by atoms with Crippen LogP contribution in [0.2, 0.25) is 0 Å². The Bertz CT molecular complexity index is 1190. The van der Waals surface area contributed by atoms with Crippen molar-refractivity contribution in [3.8, 4) is 0 Å². The number of unbranched alkanes of at least 4 members (excludes halogenated alkanes) is 1. The summed E-state index contributed by atoms with van der Waals surface area (Å²) in [6, 6.07) is 0. The zero-order valence-corrected chi connectivity index (χ0v) is 19.2. The van der Waals surface area contributed by atoms with Crippen molar-refractivity contribution in [3.05, 3.63) is 35.4 Å². The number of carbonyl (C=O) groups excluding carboxylic acids is 1. The third kappa shape index (κ3) is 4.17. The van der Waals surface area contributed by atoms with Gasteiger partial charge in [-0.2, -0.15) is 9.71 Å². The van der Waals surface area contributed by atoms with Gasteiger partial charge in [0.2, 0.25) is 18.0 Å². The lowest BCUT2D eigenvalue weighted by Gasteiger charge is -2.35. The minimum absolute atomic E-state index is 0.0327. The molecule has 0 bridgehead atoms. The second-order valence-electron chi connectivity index (χ2n) is 8.57. The summed E-state index contributed by atoms with van der Waals surface area (Å²) in [7, 11) is 0. The van der Waals surface area contributed by atoms with Gasteiger partial charge in [0.05, 0.1) is 19.1 Å². The van der Waals surface area contributed by atoms with Crippen LogP contribution in [-0.4, -0.2) is 70.3 Å². The number of imidazole rings is 2. The highest BCUT2D eigenvalue weighted by Crippen LogP contribution is 2.41. The Labute approximate surface area is 194 Å². The second kappa shape index (κ2) is 9.52. The molecule has 3 aromatic rings. The standard InChI is InChI=1S/C21H29N7O6/c1-4-5-6-21(16(15(30)13(9-29)33-21)34-27-8-7-22-10-27)28-11-23-14-17(28)24-20(26-19(14)32)25-18(31)12(2)3/h7-8,10-13,15-16,29-30H,4-6,9H2,1-3H3,(H2,24,25,26,31,32)/t13-,15-,16-,21-/m1/s1. The van der Waals surface area contributed by atoms with Crippen LogP contribution < -0.4 is 15.7 Å². The van der Waals surface area contributed by atoms with E-state index in [4.69, 9.17) is 9.57 Å². The SMILES string of the molecule is CCCC[C@@]1(n2cnc3c(=O)[nH]c(NC(=O)C(C)C)nc32)O[C@H](CO)[C@@H](O)[C@H]1On1ccnc1. The minimum Gasteiger partial charge on any atom is -0.402 e. The topological polar surface area (TPSA) is 169 Å². The van der Waals surface area contributed by atoms with E-state index in [0.717, 1.165) is 6.42 Å². The van der Waals surface area contributed by atoms with Crippen LogP contribution in [0.1, 0.15) is 40.0 Å². The highest BCUT2D eigenvalue weighted by atomic mass is 16.7. The normalized spacial score (nSPS) is 24.7. The van der Waals surface area contributed by atoms with Crippen LogP contribution >= 0.6 is 0 Å². The monoisotopic (exact) mass is 475 g/mol. The molecule has 1 amide bonds. The van der Waals surface area contributed by atoms with E-state index in [2.05, 4.69) is 25.3 Å². The number of rotatable bonds is 9. The van der Waals surface area contributed by atoms with Crippen molar-refractivity contribution >= 4 is 23.0 Å². The molecule has 0 spiro atoms. The third-order valence-corrected chi connectivity index (χ3v) is 5.86. The molecule has 1 aliphatic heterocycles. The first-order chi connectivity index (χ1) is 16.3. The van der Waals surface area contributed by atoms with Gasteiger partial charge in [0.1, 0.15) is 18.5 Å². The average Bonchev–Trinajstić information content (AvgIpc) is 3.53. The van der Waals surface area contributed by atoms with E-state index in [1.807, 2.05) is 6.92 Å². The fraction of sp³-hybridized carbons (Fsp3) is 0.571. The van der Waals surface area contributed by atoms with Crippen LogP contribution in [0, 0.1) is 5.92 Å². The number of aliphatic hydroxyl groups is 2. The molecule has 3 aromatic heterocycles. The number of hydrogen-bond acceptors (Lipinski definition) is 9. The summed E-state index contributed by atoms with van der Waals surface area (Å²) in [4.78, 5) is 46.1. The lowest BCUT2D eigenvalue weighted by Crippen LogP contribution is -2.51. The number of aromatic nitrogens is 6. The maximum Gasteiger partial charge on any atom is 0.280 e. The molecule has 0 radical (unpaired) electrons. The summed E-state index contributed by atoms with van der Waals surface area (Å²) in [5, 5.41) is 23.5. The number of aromatic amines is 1. The summed E-state index contributed by atoms with van der Waals surface area (Å²) < 4.78 is 9.13. The van der Waals surface area contributed by atoms with Gasteiger partial charge in [-0.1, -0.05) is 27.2 Å². The van der Waals surface area contributed by atoms with E-state index < -0.39 is 36.2 Å². The van der Waals surface area contributed by atoms with Crippen LogP contribution in [0.25, 0.3) is 11.2 Å². The Balaban J connectivity index is 1.86. The van der Waals surface area contributed by atoms with Gasteiger partial charge >= 0.3 is 0 Å². The second-order valence-corrected chi connectivity index (χ2v) is 8.57. The quantitative estimate of drug-likeness (QED) is 0.333. The van der Waals surface area contributed by atoms with Crippen molar-refractivity contribution in [1.82, 2.24) is 29.2 Å². The van der Waals surface area contributed by atoms with Crippen LogP contribution in [-0.2, 0) is 15.3 Å². The van der Waals surface area contributed by atoms with E-state index in [1.54, 1.807) is 24.6 Å². The summed E-state index contributed by atoms with van der Waals surface area (Å²) in [5.74, 6) is -0.676. The zero-order valence-electron chi connectivity index (χ0n) is 19.2. The lowest BCUT2D eigenvalue weighted by atomic mass is 9.96. The Morgan fingerprint density at radius 3 is 2.85 bits per heavy atom. The van der Waals surface area contributed by atoms with Gasteiger partial charge in [-0.3, -0.25) is 24.5 Å². The smallest absolute Gasteiger partial charge is 0.280 e. The Kier molecular flexibility index (Phi) is 6.68. The number of nitrogens with zero attached hydrogens (tertiary/aromatic N) is 5. The number of amides is 1. The number of fused-ring (bicyclic) bond motifs is 1. The highest BCUT2D eigenvalue weighted by Gasteiger charge is 2.58. The van der Waals surface area contributed by atoms with E-state index in [0.29, 0.717) is 12.8 Å². The summed E-state index contributed by atoms with van der Waals surface area (Å²) in [6.45, 7) is 4.99. The number of ether oxygens (including phenoxy) is 1. The van der Waals surface area contributed by atoms with E-state index in [1.165, 1.54) is 23.6 Å². The molecule has 4 heterocycles. The van der Waals surface area contributed by atoms with Crippen molar-refractivity contribution in [2.75, 3.05) is 11.9 Å². The van der Waals surface area contributed by atoms with Crippen molar-refractivity contribution in [2.24, 2.45) is 5.92 Å². The Hall–Kier alpha value is -3.29. The van der Waals surface area contributed by atoms with Gasteiger partial charge in [-0.15, -0.1) is 0 Å². The maximum absolute atomic E-state index is 12.7. The fourth-order valence-corrected chi connectivity index (χ4v) is 4.04. The number of anilines is 1. The highest BCUT2D eigenvalue weighted by molar-refractivity contribution is 5.91. The van der Waals surface area contributed by atoms with E-state index >= 15 is 0 Å². The number of aliphatic hydroxyl groups excluding tert-OH is 2. The molecule has 13 heteroatoms. The first kappa shape index (κ1) is 23.9. The molecule has 4 rings (SSSR count). The fourth-order valence-electron chi connectivity index (χ4n) is 4.04. The maximum atomic E-state index is 12.7. The third-order valence-electron chi connectivity index (χ3n) is 5.86.